The molecule has 198 valence electrons. The zero-order valence-corrected chi connectivity index (χ0v) is 23.8. The summed E-state index contributed by atoms with van der Waals surface area (Å²) in [6, 6.07) is 56.7. The molecule has 0 saturated heterocycles. The van der Waals surface area contributed by atoms with Crippen molar-refractivity contribution in [2.75, 3.05) is 0 Å². The van der Waals surface area contributed by atoms with Crippen molar-refractivity contribution >= 4 is 55.4 Å². The topological polar surface area (TPSA) is 17.1 Å². The molecule has 1 nitrogen and oxygen atoms in total. The summed E-state index contributed by atoms with van der Waals surface area (Å²) in [7, 11) is -2.98. The largest absolute Gasteiger partial charge is 0.309 e. The van der Waals surface area contributed by atoms with Crippen molar-refractivity contribution in [3.05, 3.63) is 164 Å². The Hall–Kier alpha value is -4.97. The van der Waals surface area contributed by atoms with Crippen molar-refractivity contribution in [1.29, 1.82) is 0 Å². The van der Waals surface area contributed by atoms with Crippen LogP contribution in [0.5, 0.6) is 0 Å². The average molecular weight is 555 g/mol. The van der Waals surface area contributed by atoms with Crippen LogP contribution in [0, 0.1) is 0 Å². The summed E-state index contributed by atoms with van der Waals surface area (Å²) < 4.78 is 14.7. The molecule has 0 aliphatic heterocycles. The first kappa shape index (κ1) is 24.8. The highest BCUT2D eigenvalue weighted by atomic mass is 31.2. The molecular weight excluding hydrogens is 527 g/mol. The van der Waals surface area contributed by atoms with E-state index in [4.69, 9.17) is 0 Å². The average Bonchev–Trinajstić information content (AvgIpc) is 3.08. The van der Waals surface area contributed by atoms with Crippen LogP contribution in [-0.4, -0.2) is 0 Å². The third-order valence-electron chi connectivity index (χ3n) is 8.53. The van der Waals surface area contributed by atoms with E-state index in [1.165, 1.54) is 43.4 Å². The van der Waals surface area contributed by atoms with Gasteiger partial charge in [0, 0.05) is 15.9 Å². The van der Waals surface area contributed by atoms with Crippen molar-refractivity contribution in [2.45, 2.75) is 0 Å². The van der Waals surface area contributed by atoms with Gasteiger partial charge in [0.05, 0.1) is 0 Å². The molecule has 0 N–H and O–H groups in total. The number of hydrogen-bond acceptors (Lipinski definition) is 1. The van der Waals surface area contributed by atoms with Gasteiger partial charge < -0.3 is 4.57 Å². The van der Waals surface area contributed by atoms with Crippen molar-refractivity contribution in [3.63, 3.8) is 0 Å². The Morgan fingerprint density at radius 1 is 0.333 bits per heavy atom. The lowest BCUT2D eigenvalue weighted by Crippen LogP contribution is -2.24. The highest BCUT2D eigenvalue weighted by Gasteiger charge is 2.29. The minimum Gasteiger partial charge on any atom is -0.309 e. The first-order chi connectivity index (χ1) is 20.7. The summed E-state index contributed by atoms with van der Waals surface area (Å²) in [5.41, 5.74) is 4.69. The zero-order chi connectivity index (χ0) is 28.1. The molecule has 42 heavy (non-hydrogen) atoms. The van der Waals surface area contributed by atoms with Gasteiger partial charge in [0.25, 0.3) is 0 Å². The normalized spacial score (nSPS) is 11.9. The Balaban J connectivity index is 1.17. The summed E-state index contributed by atoms with van der Waals surface area (Å²) in [5.74, 6) is 0. The lowest BCUT2D eigenvalue weighted by atomic mass is 9.89. The fourth-order valence-electron chi connectivity index (χ4n) is 6.42. The zero-order valence-electron chi connectivity index (χ0n) is 22.9. The highest BCUT2D eigenvalue weighted by molar-refractivity contribution is 7.85. The Morgan fingerprint density at radius 3 is 1.38 bits per heavy atom. The molecule has 0 aromatic heterocycles. The SMILES string of the molecule is O=P(c1ccccc1)(c1ccccc1)c1ccc(-c2ccc(-c3ccc4ccc5cccc6ccc3c4c56)cc2)cc1. The molecule has 0 unspecified atom stereocenters. The molecule has 0 aliphatic carbocycles. The lowest BCUT2D eigenvalue weighted by Gasteiger charge is -2.20. The van der Waals surface area contributed by atoms with E-state index in [1.807, 2.05) is 72.8 Å². The molecule has 0 aliphatic rings. The van der Waals surface area contributed by atoms with Gasteiger partial charge >= 0.3 is 0 Å². The fourth-order valence-corrected chi connectivity index (χ4v) is 9.06. The Kier molecular flexibility index (Phi) is 5.81. The Morgan fingerprint density at radius 2 is 0.786 bits per heavy atom. The maximum Gasteiger partial charge on any atom is 0.171 e. The molecule has 8 aromatic carbocycles. The summed E-state index contributed by atoms with van der Waals surface area (Å²) >= 11 is 0. The van der Waals surface area contributed by atoms with Crippen LogP contribution in [0.1, 0.15) is 0 Å². The van der Waals surface area contributed by atoms with Crippen molar-refractivity contribution < 1.29 is 4.57 Å². The highest BCUT2D eigenvalue weighted by Crippen LogP contribution is 2.43. The standard InChI is InChI=1S/C40H27OP/c41-42(34-10-3-1-4-11-34,35-12-5-2-6-13-35)36-24-20-29(21-25-36)28-14-16-30(17-15-28)37-26-22-33-19-18-31-8-7-9-32-23-27-38(37)40(33)39(31)32/h1-27H. The summed E-state index contributed by atoms with van der Waals surface area (Å²) in [5, 5.41) is 10.3. The number of hydrogen-bond donors (Lipinski definition) is 0. The van der Waals surface area contributed by atoms with Crippen LogP contribution in [0.4, 0.5) is 0 Å². The molecule has 8 rings (SSSR count). The third kappa shape index (κ3) is 3.90. The molecular formula is C40H27OP. The second kappa shape index (κ2) is 9.84. The second-order valence-electron chi connectivity index (χ2n) is 10.9. The van der Waals surface area contributed by atoms with E-state index in [0.29, 0.717) is 0 Å². The van der Waals surface area contributed by atoms with E-state index in [9.17, 15) is 4.57 Å². The Labute approximate surface area is 245 Å². The second-order valence-corrected chi connectivity index (χ2v) is 13.6. The smallest absolute Gasteiger partial charge is 0.171 e. The summed E-state index contributed by atoms with van der Waals surface area (Å²) in [6.45, 7) is 0. The maximum absolute atomic E-state index is 14.7. The van der Waals surface area contributed by atoms with E-state index in [-0.39, 0.29) is 0 Å². The molecule has 2 heteroatoms. The van der Waals surface area contributed by atoms with E-state index in [0.717, 1.165) is 27.0 Å². The van der Waals surface area contributed by atoms with E-state index >= 15 is 0 Å². The van der Waals surface area contributed by atoms with Crippen LogP contribution in [0.25, 0.3) is 54.6 Å². The molecule has 0 radical (unpaired) electrons. The van der Waals surface area contributed by atoms with Gasteiger partial charge in [0.2, 0.25) is 0 Å². The third-order valence-corrected chi connectivity index (χ3v) is 11.6. The van der Waals surface area contributed by atoms with Crippen LogP contribution < -0.4 is 15.9 Å². The van der Waals surface area contributed by atoms with Gasteiger partial charge in [-0.25, -0.2) is 0 Å². The predicted octanol–water partition coefficient (Wildman–Crippen LogP) is 9.56. The molecule has 0 amide bonds. The predicted molar refractivity (Wildman–Crippen MR) is 180 cm³/mol. The first-order valence-corrected chi connectivity index (χ1v) is 16.0. The molecule has 0 atom stereocenters. The van der Waals surface area contributed by atoms with Crippen LogP contribution in [0.2, 0.25) is 0 Å². The van der Waals surface area contributed by atoms with E-state index in [1.54, 1.807) is 0 Å². The van der Waals surface area contributed by atoms with Crippen molar-refractivity contribution in [1.82, 2.24) is 0 Å². The van der Waals surface area contributed by atoms with E-state index < -0.39 is 7.14 Å². The van der Waals surface area contributed by atoms with Crippen LogP contribution in [0.15, 0.2) is 164 Å². The minimum absolute atomic E-state index is 0.842. The van der Waals surface area contributed by atoms with Crippen molar-refractivity contribution in [3.8, 4) is 22.3 Å². The molecule has 0 fully saturated rings. The van der Waals surface area contributed by atoms with Gasteiger partial charge in [0.1, 0.15) is 0 Å². The molecule has 0 spiro atoms. The molecule has 0 bridgehead atoms. The molecule has 0 heterocycles. The fraction of sp³-hybridized carbons (Fsp3) is 0. The van der Waals surface area contributed by atoms with Gasteiger partial charge in [-0.05, 0) is 54.6 Å². The van der Waals surface area contributed by atoms with Gasteiger partial charge in [-0.1, -0.05) is 164 Å². The van der Waals surface area contributed by atoms with Crippen molar-refractivity contribution in [2.24, 2.45) is 0 Å². The van der Waals surface area contributed by atoms with Crippen LogP contribution >= 0.6 is 7.14 Å². The first-order valence-electron chi connectivity index (χ1n) is 14.3. The van der Waals surface area contributed by atoms with E-state index in [2.05, 4.69) is 91.0 Å². The lowest BCUT2D eigenvalue weighted by molar-refractivity contribution is 0.592. The molecule has 8 aromatic rings. The van der Waals surface area contributed by atoms with Crippen LogP contribution in [-0.2, 0) is 4.57 Å². The van der Waals surface area contributed by atoms with Gasteiger partial charge in [-0.15, -0.1) is 0 Å². The molecule has 0 saturated carbocycles. The number of benzene rings is 8. The minimum atomic E-state index is -2.98. The summed E-state index contributed by atoms with van der Waals surface area (Å²) in [6.07, 6.45) is 0. The van der Waals surface area contributed by atoms with Gasteiger partial charge in [-0.2, -0.15) is 0 Å². The maximum atomic E-state index is 14.7. The van der Waals surface area contributed by atoms with Gasteiger partial charge in [-0.3, -0.25) is 0 Å². The Bertz CT molecular complexity index is 2170. The van der Waals surface area contributed by atoms with Crippen LogP contribution in [0.3, 0.4) is 0 Å². The summed E-state index contributed by atoms with van der Waals surface area (Å²) in [4.78, 5) is 0. The quantitative estimate of drug-likeness (QED) is 0.153. The monoisotopic (exact) mass is 554 g/mol. The number of rotatable bonds is 5. The van der Waals surface area contributed by atoms with Gasteiger partial charge in [0.15, 0.2) is 7.14 Å².